The lowest BCUT2D eigenvalue weighted by atomic mass is 10.2. The van der Waals surface area contributed by atoms with Gasteiger partial charge in [0.2, 0.25) is 0 Å². The van der Waals surface area contributed by atoms with Gasteiger partial charge in [0.05, 0.1) is 6.07 Å². The second-order valence-electron chi connectivity index (χ2n) is 1.76. The second kappa shape index (κ2) is 1.79. The van der Waals surface area contributed by atoms with E-state index in [-0.39, 0.29) is 5.78 Å². The number of allylic oxidation sites excluding steroid dienone is 2. The molecule has 40 valence electrons. The standard InChI is InChI=1S/C6H5NO/c7-4-5-1-2-6(8)3-5/h1H,2-3H2. The van der Waals surface area contributed by atoms with E-state index in [2.05, 4.69) is 0 Å². The molecule has 0 unspecified atom stereocenters. The number of carbonyl (C=O) groups is 1. The molecule has 8 heavy (non-hydrogen) atoms. The van der Waals surface area contributed by atoms with E-state index in [9.17, 15) is 4.79 Å². The Morgan fingerprint density at radius 2 is 2.50 bits per heavy atom. The van der Waals surface area contributed by atoms with Crippen LogP contribution in [0.1, 0.15) is 12.8 Å². The van der Waals surface area contributed by atoms with E-state index in [0.717, 1.165) is 0 Å². The van der Waals surface area contributed by atoms with Gasteiger partial charge in [-0.2, -0.15) is 5.26 Å². The number of nitriles is 1. The highest BCUT2D eigenvalue weighted by Gasteiger charge is 2.10. The number of carbonyl (C=O) groups excluding carboxylic acids is 1. The molecule has 1 aliphatic carbocycles. The highest BCUT2D eigenvalue weighted by atomic mass is 16.1. The van der Waals surface area contributed by atoms with E-state index < -0.39 is 0 Å². The molecular formula is C6H5NO. The lowest BCUT2D eigenvalue weighted by Crippen LogP contribution is -1.86. The van der Waals surface area contributed by atoms with E-state index in [1.807, 2.05) is 6.07 Å². The largest absolute Gasteiger partial charge is 0.299 e. The minimum Gasteiger partial charge on any atom is -0.299 e. The molecule has 1 rings (SSSR count). The summed E-state index contributed by atoms with van der Waals surface area (Å²) in [6.07, 6.45) is 2.50. The number of nitrogens with zero attached hydrogens (tertiary/aromatic N) is 1. The first-order valence-corrected chi connectivity index (χ1v) is 2.44. The van der Waals surface area contributed by atoms with Crippen molar-refractivity contribution >= 4 is 5.78 Å². The van der Waals surface area contributed by atoms with Crippen molar-refractivity contribution in [3.63, 3.8) is 0 Å². The maximum atomic E-state index is 10.4. The summed E-state index contributed by atoms with van der Waals surface area (Å²) in [6.45, 7) is 0. The van der Waals surface area contributed by atoms with Gasteiger partial charge in [0, 0.05) is 18.4 Å². The van der Waals surface area contributed by atoms with Gasteiger partial charge in [-0.25, -0.2) is 0 Å². The van der Waals surface area contributed by atoms with Crippen LogP contribution in [0, 0.1) is 11.3 Å². The average Bonchev–Trinajstić information content (AvgIpc) is 2.14. The summed E-state index contributed by atoms with van der Waals surface area (Å²) < 4.78 is 0. The monoisotopic (exact) mass is 107 g/mol. The van der Waals surface area contributed by atoms with E-state index in [0.29, 0.717) is 18.4 Å². The molecule has 0 aliphatic heterocycles. The van der Waals surface area contributed by atoms with Gasteiger partial charge in [-0.3, -0.25) is 4.79 Å². The van der Waals surface area contributed by atoms with Crippen molar-refractivity contribution in [1.82, 2.24) is 0 Å². The quantitative estimate of drug-likeness (QED) is 0.459. The van der Waals surface area contributed by atoms with Gasteiger partial charge in [-0.1, -0.05) is 6.08 Å². The van der Waals surface area contributed by atoms with Crippen molar-refractivity contribution in [1.29, 1.82) is 5.26 Å². The van der Waals surface area contributed by atoms with Gasteiger partial charge in [0.1, 0.15) is 5.78 Å². The van der Waals surface area contributed by atoms with Gasteiger partial charge < -0.3 is 0 Å². The van der Waals surface area contributed by atoms with Gasteiger partial charge in [0.15, 0.2) is 0 Å². The summed E-state index contributed by atoms with van der Waals surface area (Å²) in [5.74, 6) is 0.154. The third kappa shape index (κ3) is 0.760. The van der Waals surface area contributed by atoms with Crippen LogP contribution in [0.4, 0.5) is 0 Å². The first kappa shape index (κ1) is 5.04. The lowest BCUT2D eigenvalue weighted by Gasteiger charge is -1.77. The van der Waals surface area contributed by atoms with E-state index >= 15 is 0 Å². The highest BCUT2D eigenvalue weighted by molar-refractivity contribution is 5.86. The van der Waals surface area contributed by atoms with Crippen LogP contribution in [0.25, 0.3) is 0 Å². The molecule has 0 saturated carbocycles. The van der Waals surface area contributed by atoms with Crippen LogP contribution < -0.4 is 0 Å². The highest BCUT2D eigenvalue weighted by Crippen LogP contribution is 2.11. The Morgan fingerprint density at radius 3 is 2.75 bits per heavy atom. The van der Waals surface area contributed by atoms with E-state index in [1.54, 1.807) is 6.08 Å². The van der Waals surface area contributed by atoms with Crippen LogP contribution in [0.5, 0.6) is 0 Å². The fourth-order valence-electron chi connectivity index (χ4n) is 0.679. The van der Waals surface area contributed by atoms with Crippen LogP contribution in [-0.4, -0.2) is 5.78 Å². The molecule has 0 spiro atoms. The predicted molar refractivity (Wildman–Crippen MR) is 27.9 cm³/mol. The number of hydrogen-bond acceptors (Lipinski definition) is 2. The third-order valence-electron chi connectivity index (χ3n) is 1.11. The Labute approximate surface area is 47.4 Å². The number of ketones is 1. The molecule has 0 heterocycles. The van der Waals surface area contributed by atoms with Crippen molar-refractivity contribution in [3.05, 3.63) is 11.6 Å². The van der Waals surface area contributed by atoms with Crippen LogP contribution in [-0.2, 0) is 4.79 Å². The Bertz CT molecular complexity index is 185. The van der Waals surface area contributed by atoms with Gasteiger partial charge in [-0.05, 0) is 0 Å². The molecule has 0 fully saturated rings. The summed E-state index contributed by atoms with van der Waals surface area (Å²) in [5.41, 5.74) is 0.620. The van der Waals surface area contributed by atoms with Crippen molar-refractivity contribution in [2.45, 2.75) is 12.8 Å². The molecule has 0 bridgehead atoms. The first-order chi connectivity index (χ1) is 3.83. The van der Waals surface area contributed by atoms with Crippen molar-refractivity contribution in [3.8, 4) is 6.07 Å². The molecule has 0 saturated heterocycles. The summed E-state index contributed by atoms with van der Waals surface area (Å²) in [5, 5.41) is 8.21. The molecule has 0 amide bonds. The third-order valence-corrected chi connectivity index (χ3v) is 1.11. The maximum absolute atomic E-state index is 10.4. The molecular weight excluding hydrogens is 102 g/mol. The molecule has 0 atom stereocenters. The molecule has 0 aromatic rings. The number of Topliss-reactive ketones (excluding diaryl/α,β-unsaturated/α-hetero) is 1. The molecule has 0 N–H and O–H groups in total. The maximum Gasteiger partial charge on any atom is 0.141 e. The minimum atomic E-state index is 0.154. The summed E-state index contributed by atoms with van der Waals surface area (Å²) in [7, 11) is 0. The average molecular weight is 107 g/mol. The summed E-state index contributed by atoms with van der Waals surface area (Å²) in [4.78, 5) is 10.4. The molecule has 2 heteroatoms. The first-order valence-electron chi connectivity index (χ1n) is 2.44. The fourth-order valence-corrected chi connectivity index (χ4v) is 0.679. The minimum absolute atomic E-state index is 0.154. The zero-order chi connectivity index (χ0) is 5.98. The topological polar surface area (TPSA) is 40.9 Å². The van der Waals surface area contributed by atoms with Crippen LogP contribution >= 0.6 is 0 Å². The van der Waals surface area contributed by atoms with E-state index in [1.165, 1.54) is 0 Å². The second-order valence-corrected chi connectivity index (χ2v) is 1.76. The Kier molecular flexibility index (Phi) is 1.13. The smallest absolute Gasteiger partial charge is 0.141 e. The lowest BCUT2D eigenvalue weighted by molar-refractivity contribution is -0.116. The zero-order valence-corrected chi connectivity index (χ0v) is 4.35. The van der Waals surface area contributed by atoms with E-state index in [4.69, 9.17) is 5.26 Å². The van der Waals surface area contributed by atoms with Crippen LogP contribution in [0.3, 0.4) is 0 Å². The van der Waals surface area contributed by atoms with Crippen LogP contribution in [0.15, 0.2) is 11.6 Å². The zero-order valence-electron chi connectivity index (χ0n) is 4.35. The fraction of sp³-hybridized carbons (Fsp3) is 0.333. The summed E-state index contributed by atoms with van der Waals surface area (Å²) >= 11 is 0. The predicted octanol–water partition coefficient (Wildman–Crippen LogP) is 0.799. The SMILES string of the molecule is N#CC1=CCC(=O)C1. The molecule has 0 aromatic carbocycles. The Morgan fingerprint density at radius 1 is 1.75 bits per heavy atom. The Balaban J connectivity index is 2.66. The van der Waals surface area contributed by atoms with Gasteiger partial charge in [-0.15, -0.1) is 0 Å². The molecule has 0 aromatic heterocycles. The van der Waals surface area contributed by atoms with Crippen molar-refractivity contribution in [2.75, 3.05) is 0 Å². The number of rotatable bonds is 0. The van der Waals surface area contributed by atoms with Gasteiger partial charge in [0.25, 0.3) is 0 Å². The molecule has 1 aliphatic rings. The van der Waals surface area contributed by atoms with Crippen molar-refractivity contribution < 1.29 is 4.79 Å². The molecule has 2 nitrogen and oxygen atoms in total. The molecule has 0 radical (unpaired) electrons. The van der Waals surface area contributed by atoms with Crippen molar-refractivity contribution in [2.24, 2.45) is 0 Å². The normalized spacial score (nSPS) is 17.9. The number of hydrogen-bond donors (Lipinski definition) is 0. The van der Waals surface area contributed by atoms with Crippen LogP contribution in [0.2, 0.25) is 0 Å². The summed E-state index contributed by atoms with van der Waals surface area (Å²) in [6, 6.07) is 1.93. The Hall–Kier alpha value is -1.10. The van der Waals surface area contributed by atoms with Gasteiger partial charge >= 0.3 is 0 Å².